The second-order valence-corrected chi connectivity index (χ2v) is 10.9. The SMILES string of the molecule is C=C1[C@@H](O)[C@]23C[C@@H]1[C@@H](O)C[C@H]2C12[C@@H](O)CC[C@@]4(C)CN(CC)[C@@H]1[C@@H]3C[C@@H]24. The molecule has 3 N–H and O–H groups in total. The van der Waals surface area contributed by atoms with E-state index in [9.17, 15) is 15.3 Å². The zero-order valence-corrected chi connectivity index (χ0v) is 16.1. The molecule has 1 aliphatic heterocycles. The molecule has 0 aromatic carbocycles. The van der Waals surface area contributed by atoms with Crippen LogP contribution in [0.25, 0.3) is 0 Å². The molecule has 6 aliphatic rings. The first-order valence-electron chi connectivity index (χ1n) is 10.8. The van der Waals surface area contributed by atoms with Crippen molar-refractivity contribution in [3.05, 3.63) is 12.2 Å². The molecule has 0 aromatic heterocycles. The van der Waals surface area contributed by atoms with Gasteiger partial charge in [0.15, 0.2) is 0 Å². The summed E-state index contributed by atoms with van der Waals surface area (Å²) in [5.74, 6) is 1.26. The van der Waals surface area contributed by atoms with Crippen molar-refractivity contribution in [3.8, 4) is 0 Å². The van der Waals surface area contributed by atoms with Crippen LogP contribution in [0.2, 0.25) is 0 Å². The zero-order valence-electron chi connectivity index (χ0n) is 16.1. The number of hydrogen-bond donors (Lipinski definition) is 3. The average Bonchev–Trinajstić information content (AvgIpc) is 3.14. The van der Waals surface area contributed by atoms with Crippen molar-refractivity contribution in [1.29, 1.82) is 0 Å². The van der Waals surface area contributed by atoms with Gasteiger partial charge >= 0.3 is 0 Å². The molecule has 11 atom stereocenters. The Labute approximate surface area is 156 Å². The maximum atomic E-state index is 11.5. The van der Waals surface area contributed by atoms with Crippen LogP contribution in [0.4, 0.5) is 0 Å². The smallest absolute Gasteiger partial charge is 0.0813 e. The Balaban J connectivity index is 1.61. The lowest BCUT2D eigenvalue weighted by atomic mass is 9.43. The van der Waals surface area contributed by atoms with Crippen LogP contribution in [0.15, 0.2) is 12.2 Å². The van der Waals surface area contributed by atoms with Crippen LogP contribution in [0.3, 0.4) is 0 Å². The Morgan fingerprint density at radius 3 is 2.69 bits per heavy atom. The fourth-order valence-corrected chi connectivity index (χ4v) is 9.97. The van der Waals surface area contributed by atoms with E-state index >= 15 is 0 Å². The van der Waals surface area contributed by atoms with Crippen LogP contribution >= 0.6 is 0 Å². The maximum Gasteiger partial charge on any atom is 0.0813 e. The van der Waals surface area contributed by atoms with E-state index in [1.54, 1.807) is 0 Å². The molecular formula is C22H33NO3. The number of piperidine rings is 1. The summed E-state index contributed by atoms with van der Waals surface area (Å²) in [4.78, 5) is 2.65. The predicted octanol–water partition coefficient (Wildman–Crippen LogP) is 1.79. The molecule has 1 saturated heterocycles. The molecule has 6 rings (SSSR count). The summed E-state index contributed by atoms with van der Waals surface area (Å²) in [6.07, 6.45) is 3.58. The van der Waals surface area contributed by atoms with Gasteiger partial charge in [0.2, 0.25) is 0 Å². The van der Waals surface area contributed by atoms with Crippen molar-refractivity contribution in [2.45, 2.75) is 70.3 Å². The Bertz CT molecular complexity index is 695. The van der Waals surface area contributed by atoms with E-state index in [-0.39, 0.29) is 34.2 Å². The summed E-state index contributed by atoms with van der Waals surface area (Å²) in [6.45, 7) is 11.1. The minimum Gasteiger partial charge on any atom is -0.392 e. The molecule has 2 spiro atoms. The van der Waals surface area contributed by atoms with Gasteiger partial charge in [-0.1, -0.05) is 20.4 Å². The lowest BCUT2D eigenvalue weighted by Gasteiger charge is -2.65. The summed E-state index contributed by atoms with van der Waals surface area (Å²) in [6, 6.07) is 0.373. The van der Waals surface area contributed by atoms with Crippen LogP contribution in [0.1, 0.15) is 46.0 Å². The van der Waals surface area contributed by atoms with E-state index in [2.05, 4.69) is 25.3 Å². The minimum atomic E-state index is -0.500. The molecule has 4 heteroatoms. The standard InChI is InChI=1S/C22H33NO3/c1-4-23-10-20(3)6-5-17(25)22-15(20)7-13(18(22)23)21-9-12(11(2)19(21)26)14(24)8-16(21)22/h12-19,24-26H,2,4-10H2,1,3H3/t12-,13-,14-,15+,16+,17-,18+,19+,20-,21-,22?/m0/s1. The molecular weight excluding hydrogens is 326 g/mol. The van der Waals surface area contributed by atoms with Crippen molar-refractivity contribution < 1.29 is 15.3 Å². The van der Waals surface area contributed by atoms with Crippen LogP contribution < -0.4 is 0 Å². The van der Waals surface area contributed by atoms with Crippen LogP contribution in [0, 0.1) is 39.9 Å². The number of nitrogens with zero attached hydrogens (tertiary/aromatic N) is 1. The number of rotatable bonds is 1. The van der Waals surface area contributed by atoms with Gasteiger partial charge in [0.25, 0.3) is 0 Å². The van der Waals surface area contributed by atoms with E-state index in [0.29, 0.717) is 17.9 Å². The first-order valence-corrected chi connectivity index (χ1v) is 10.8. The number of aliphatic hydroxyl groups is 3. The highest BCUT2D eigenvalue weighted by Crippen LogP contribution is 2.83. The fraction of sp³-hybridized carbons (Fsp3) is 0.909. The summed E-state index contributed by atoms with van der Waals surface area (Å²) >= 11 is 0. The predicted molar refractivity (Wildman–Crippen MR) is 98.2 cm³/mol. The van der Waals surface area contributed by atoms with Gasteiger partial charge in [0.05, 0.1) is 18.3 Å². The number of aliphatic hydroxyl groups excluding tert-OH is 3. The first kappa shape index (κ1) is 16.5. The highest BCUT2D eigenvalue weighted by atomic mass is 16.3. The highest BCUT2D eigenvalue weighted by molar-refractivity contribution is 5.39. The largest absolute Gasteiger partial charge is 0.392 e. The van der Waals surface area contributed by atoms with Gasteiger partial charge in [-0.05, 0) is 67.4 Å². The van der Waals surface area contributed by atoms with Crippen LogP contribution in [-0.4, -0.2) is 57.7 Å². The van der Waals surface area contributed by atoms with Gasteiger partial charge in [-0.15, -0.1) is 0 Å². The lowest BCUT2D eigenvalue weighted by Crippen LogP contribution is -2.68. The molecule has 5 aliphatic carbocycles. The molecule has 0 amide bonds. The molecule has 6 fully saturated rings. The summed E-state index contributed by atoms with van der Waals surface area (Å²) in [5.41, 5.74) is 0.849. The molecule has 26 heavy (non-hydrogen) atoms. The molecule has 1 heterocycles. The third kappa shape index (κ3) is 1.37. The van der Waals surface area contributed by atoms with Crippen molar-refractivity contribution in [2.75, 3.05) is 13.1 Å². The minimum absolute atomic E-state index is 0.0547. The van der Waals surface area contributed by atoms with Crippen molar-refractivity contribution in [2.24, 2.45) is 39.9 Å². The van der Waals surface area contributed by atoms with Gasteiger partial charge < -0.3 is 15.3 Å². The van der Waals surface area contributed by atoms with E-state index in [1.165, 1.54) is 0 Å². The number of likely N-dealkylation sites (tertiary alicyclic amines) is 1. The highest BCUT2D eigenvalue weighted by Gasteiger charge is 2.85. The normalized spacial score (nSPS) is 65.5. The van der Waals surface area contributed by atoms with E-state index < -0.39 is 12.2 Å². The Morgan fingerprint density at radius 2 is 1.96 bits per heavy atom. The average molecular weight is 360 g/mol. The van der Waals surface area contributed by atoms with E-state index in [4.69, 9.17) is 0 Å². The number of hydrogen-bond acceptors (Lipinski definition) is 4. The molecule has 4 nitrogen and oxygen atoms in total. The van der Waals surface area contributed by atoms with E-state index in [1.807, 2.05) is 0 Å². The van der Waals surface area contributed by atoms with Gasteiger partial charge in [-0.25, -0.2) is 0 Å². The number of fused-ring (bicyclic) bond motifs is 1. The van der Waals surface area contributed by atoms with Crippen molar-refractivity contribution in [3.63, 3.8) is 0 Å². The van der Waals surface area contributed by atoms with Gasteiger partial charge in [0.1, 0.15) is 0 Å². The Kier molecular flexibility index (Phi) is 2.92. The first-order chi connectivity index (χ1) is 12.3. The van der Waals surface area contributed by atoms with Gasteiger partial charge in [-0.2, -0.15) is 0 Å². The lowest BCUT2D eigenvalue weighted by molar-refractivity contribution is -0.218. The second kappa shape index (κ2) is 4.59. The third-order valence-corrected chi connectivity index (χ3v) is 10.6. The fourth-order valence-electron chi connectivity index (χ4n) is 9.97. The van der Waals surface area contributed by atoms with Crippen molar-refractivity contribution >= 4 is 0 Å². The molecule has 0 radical (unpaired) electrons. The Morgan fingerprint density at radius 1 is 1.19 bits per heavy atom. The monoisotopic (exact) mass is 359 g/mol. The molecule has 5 saturated carbocycles. The van der Waals surface area contributed by atoms with E-state index in [0.717, 1.165) is 50.8 Å². The molecule has 1 unspecified atom stereocenters. The molecule has 7 bridgehead atoms. The Hall–Kier alpha value is -0.420. The van der Waals surface area contributed by atoms with Gasteiger partial charge in [0, 0.05) is 29.3 Å². The van der Waals surface area contributed by atoms with Crippen LogP contribution in [0.5, 0.6) is 0 Å². The quantitative estimate of drug-likeness (QED) is 0.625. The van der Waals surface area contributed by atoms with Crippen LogP contribution in [-0.2, 0) is 0 Å². The second-order valence-electron chi connectivity index (χ2n) is 10.9. The topological polar surface area (TPSA) is 63.9 Å². The zero-order chi connectivity index (χ0) is 18.2. The van der Waals surface area contributed by atoms with Gasteiger partial charge in [-0.3, -0.25) is 4.90 Å². The third-order valence-electron chi connectivity index (χ3n) is 10.6. The maximum absolute atomic E-state index is 11.5. The molecule has 144 valence electrons. The van der Waals surface area contributed by atoms with Crippen molar-refractivity contribution in [1.82, 2.24) is 4.90 Å². The molecule has 0 aromatic rings. The summed E-state index contributed by atoms with van der Waals surface area (Å²) in [5, 5.41) is 33.8. The summed E-state index contributed by atoms with van der Waals surface area (Å²) in [7, 11) is 0. The summed E-state index contributed by atoms with van der Waals surface area (Å²) < 4.78 is 0.